The molecule has 3 rings (SSSR count). The van der Waals surface area contributed by atoms with Crippen LogP contribution in [-0.2, 0) is 0 Å². The molecule has 104 valence electrons. The Morgan fingerprint density at radius 3 is 2.57 bits per heavy atom. The highest BCUT2D eigenvalue weighted by Crippen LogP contribution is 2.27. The van der Waals surface area contributed by atoms with Crippen molar-refractivity contribution in [2.75, 3.05) is 0 Å². The summed E-state index contributed by atoms with van der Waals surface area (Å²) in [6.07, 6.45) is 3.15. The first-order valence-corrected chi connectivity index (χ1v) is 6.31. The molecule has 0 aliphatic carbocycles. The second kappa shape index (κ2) is 4.94. The van der Waals surface area contributed by atoms with Crippen molar-refractivity contribution in [1.29, 1.82) is 0 Å². The van der Waals surface area contributed by atoms with Gasteiger partial charge < -0.3 is 5.11 Å². The molecule has 0 saturated heterocycles. The Morgan fingerprint density at radius 2 is 1.90 bits per heavy atom. The lowest BCUT2D eigenvalue weighted by atomic mass is 10.0. The van der Waals surface area contributed by atoms with Gasteiger partial charge in [-0.3, -0.25) is 4.98 Å². The maximum absolute atomic E-state index is 14.1. The third-order valence-corrected chi connectivity index (χ3v) is 3.22. The molecule has 0 bridgehead atoms. The van der Waals surface area contributed by atoms with Crippen LogP contribution in [-0.4, -0.2) is 21.0 Å². The SMILES string of the molecule is Cc1cc(F)c2nc(-c3ccncc3)cc(C(=O)O)c2c1. The molecular formula is C16H11FN2O2. The number of aromatic carboxylic acids is 1. The van der Waals surface area contributed by atoms with Gasteiger partial charge in [0.2, 0.25) is 0 Å². The van der Waals surface area contributed by atoms with E-state index in [4.69, 9.17) is 0 Å². The molecule has 0 aliphatic heterocycles. The lowest BCUT2D eigenvalue weighted by Gasteiger charge is -2.08. The molecule has 0 unspecified atom stereocenters. The molecule has 0 fully saturated rings. The van der Waals surface area contributed by atoms with E-state index in [1.54, 1.807) is 37.5 Å². The van der Waals surface area contributed by atoms with Crippen molar-refractivity contribution in [2.24, 2.45) is 0 Å². The second-order valence-electron chi connectivity index (χ2n) is 4.74. The van der Waals surface area contributed by atoms with Crippen molar-refractivity contribution in [3.8, 4) is 11.3 Å². The zero-order valence-corrected chi connectivity index (χ0v) is 11.2. The van der Waals surface area contributed by atoms with Gasteiger partial charge in [0.25, 0.3) is 0 Å². The van der Waals surface area contributed by atoms with Crippen molar-refractivity contribution in [3.05, 3.63) is 59.7 Å². The zero-order chi connectivity index (χ0) is 15.0. The van der Waals surface area contributed by atoms with E-state index >= 15 is 0 Å². The molecule has 21 heavy (non-hydrogen) atoms. The molecule has 0 amide bonds. The molecule has 0 atom stereocenters. The van der Waals surface area contributed by atoms with E-state index in [1.165, 1.54) is 12.1 Å². The largest absolute Gasteiger partial charge is 0.478 e. The Morgan fingerprint density at radius 1 is 1.19 bits per heavy atom. The van der Waals surface area contributed by atoms with E-state index in [-0.39, 0.29) is 11.1 Å². The lowest BCUT2D eigenvalue weighted by Crippen LogP contribution is -2.02. The smallest absolute Gasteiger partial charge is 0.336 e. The van der Waals surface area contributed by atoms with Gasteiger partial charge in [-0.25, -0.2) is 14.2 Å². The number of benzene rings is 1. The fraction of sp³-hybridized carbons (Fsp3) is 0.0625. The molecule has 4 nitrogen and oxygen atoms in total. The molecule has 5 heteroatoms. The van der Waals surface area contributed by atoms with E-state index in [0.717, 1.165) is 0 Å². The Bertz CT molecular complexity index is 848. The summed E-state index contributed by atoms with van der Waals surface area (Å²) in [6, 6.07) is 7.83. The maximum atomic E-state index is 14.1. The quantitative estimate of drug-likeness (QED) is 0.782. The Hall–Kier alpha value is -2.82. The van der Waals surface area contributed by atoms with E-state index in [0.29, 0.717) is 22.2 Å². The number of pyridine rings is 2. The third-order valence-electron chi connectivity index (χ3n) is 3.22. The fourth-order valence-corrected chi connectivity index (χ4v) is 2.27. The monoisotopic (exact) mass is 282 g/mol. The van der Waals surface area contributed by atoms with Gasteiger partial charge in [0.15, 0.2) is 0 Å². The third kappa shape index (κ3) is 2.33. The lowest BCUT2D eigenvalue weighted by molar-refractivity contribution is 0.0699. The number of rotatable bonds is 2. The molecule has 0 aliphatic rings. The molecule has 1 N–H and O–H groups in total. The van der Waals surface area contributed by atoms with Crippen molar-refractivity contribution >= 4 is 16.9 Å². The van der Waals surface area contributed by atoms with Gasteiger partial charge in [-0.1, -0.05) is 0 Å². The minimum Gasteiger partial charge on any atom is -0.478 e. The van der Waals surface area contributed by atoms with E-state index in [1.807, 2.05) is 0 Å². The van der Waals surface area contributed by atoms with Crippen molar-refractivity contribution in [3.63, 3.8) is 0 Å². The Labute approximate surface area is 119 Å². The van der Waals surface area contributed by atoms with Gasteiger partial charge >= 0.3 is 5.97 Å². The molecular weight excluding hydrogens is 271 g/mol. The topological polar surface area (TPSA) is 63.1 Å². The molecule has 1 aromatic carbocycles. The van der Waals surface area contributed by atoms with Crippen molar-refractivity contribution in [1.82, 2.24) is 9.97 Å². The van der Waals surface area contributed by atoms with Crippen LogP contribution < -0.4 is 0 Å². The summed E-state index contributed by atoms with van der Waals surface area (Å²) in [5.41, 5.74) is 1.85. The number of nitrogens with zero attached hydrogens (tertiary/aromatic N) is 2. The van der Waals surface area contributed by atoms with Crippen LogP contribution in [0.5, 0.6) is 0 Å². The number of aryl methyl sites for hydroxylation is 1. The number of halogens is 1. The summed E-state index contributed by atoms with van der Waals surface area (Å²) < 4.78 is 14.1. The van der Waals surface area contributed by atoms with Crippen molar-refractivity contribution in [2.45, 2.75) is 6.92 Å². The van der Waals surface area contributed by atoms with Gasteiger partial charge in [-0.05, 0) is 42.8 Å². The Balaban J connectivity index is 2.38. The average molecular weight is 282 g/mol. The number of carbonyl (C=O) groups is 1. The molecule has 0 radical (unpaired) electrons. The van der Waals surface area contributed by atoms with E-state index in [9.17, 15) is 14.3 Å². The van der Waals surface area contributed by atoms with Crippen LogP contribution in [0.25, 0.3) is 22.2 Å². The van der Waals surface area contributed by atoms with Crippen molar-refractivity contribution < 1.29 is 14.3 Å². The predicted molar refractivity (Wildman–Crippen MR) is 76.6 cm³/mol. The number of hydrogen-bond acceptors (Lipinski definition) is 3. The van der Waals surface area contributed by atoms with Gasteiger partial charge in [0.1, 0.15) is 11.3 Å². The second-order valence-corrected chi connectivity index (χ2v) is 4.74. The molecule has 0 spiro atoms. The normalized spacial score (nSPS) is 10.8. The maximum Gasteiger partial charge on any atom is 0.336 e. The molecule has 2 heterocycles. The van der Waals surface area contributed by atoms with Crippen LogP contribution in [0.2, 0.25) is 0 Å². The fourth-order valence-electron chi connectivity index (χ4n) is 2.27. The first-order valence-electron chi connectivity index (χ1n) is 6.31. The average Bonchev–Trinajstić information content (AvgIpc) is 2.47. The van der Waals surface area contributed by atoms with Crippen LogP contribution in [0.15, 0.2) is 42.7 Å². The van der Waals surface area contributed by atoms with Crippen LogP contribution in [0.4, 0.5) is 4.39 Å². The summed E-state index contributed by atoms with van der Waals surface area (Å²) in [4.78, 5) is 19.6. The van der Waals surface area contributed by atoms with E-state index in [2.05, 4.69) is 9.97 Å². The van der Waals surface area contributed by atoms with Gasteiger partial charge in [0, 0.05) is 23.3 Å². The first kappa shape index (κ1) is 13.2. The standard InChI is InChI=1S/C16H11FN2O2/c1-9-6-11-12(16(20)21)8-14(10-2-4-18-5-3-10)19-15(11)13(17)7-9/h2-8H,1H3,(H,20,21). The highest BCUT2D eigenvalue weighted by Gasteiger charge is 2.15. The number of carboxylic acids is 1. The minimum absolute atomic E-state index is 0.0365. The summed E-state index contributed by atoms with van der Waals surface area (Å²) in [5.74, 6) is -1.63. The zero-order valence-electron chi connectivity index (χ0n) is 11.2. The van der Waals surface area contributed by atoms with Gasteiger partial charge in [0.05, 0.1) is 11.3 Å². The number of hydrogen-bond donors (Lipinski definition) is 1. The minimum atomic E-state index is -1.11. The first-order chi connectivity index (χ1) is 10.1. The van der Waals surface area contributed by atoms with Gasteiger partial charge in [-0.15, -0.1) is 0 Å². The summed E-state index contributed by atoms with van der Waals surface area (Å²) in [7, 11) is 0. The highest BCUT2D eigenvalue weighted by molar-refractivity contribution is 6.04. The van der Waals surface area contributed by atoms with Crippen LogP contribution in [0.3, 0.4) is 0 Å². The Kier molecular flexibility index (Phi) is 3.10. The summed E-state index contributed by atoms with van der Waals surface area (Å²) >= 11 is 0. The summed E-state index contributed by atoms with van der Waals surface area (Å²) in [5, 5.41) is 9.68. The number of fused-ring (bicyclic) bond motifs is 1. The predicted octanol–water partition coefficient (Wildman–Crippen LogP) is 3.44. The molecule has 3 aromatic rings. The van der Waals surface area contributed by atoms with Crippen LogP contribution >= 0.6 is 0 Å². The number of carboxylic acid groups (broad SMARTS) is 1. The summed E-state index contributed by atoms with van der Waals surface area (Å²) in [6.45, 7) is 1.71. The van der Waals surface area contributed by atoms with Crippen LogP contribution in [0, 0.1) is 12.7 Å². The highest BCUT2D eigenvalue weighted by atomic mass is 19.1. The molecule has 2 aromatic heterocycles. The van der Waals surface area contributed by atoms with E-state index < -0.39 is 11.8 Å². The van der Waals surface area contributed by atoms with Crippen LogP contribution in [0.1, 0.15) is 15.9 Å². The number of aromatic nitrogens is 2. The molecule has 0 saturated carbocycles. The van der Waals surface area contributed by atoms with Gasteiger partial charge in [-0.2, -0.15) is 0 Å².